The monoisotopic (exact) mass is 347 g/mol. The maximum atomic E-state index is 10.0. The van der Waals surface area contributed by atoms with Gasteiger partial charge >= 0.3 is 0 Å². The molecule has 0 bridgehead atoms. The minimum atomic E-state index is -0.409. The molecule has 24 heavy (non-hydrogen) atoms. The third-order valence-electron chi connectivity index (χ3n) is 4.12. The zero-order valence-corrected chi connectivity index (χ0v) is 15.4. The van der Waals surface area contributed by atoms with E-state index in [1.165, 1.54) is 36.2 Å². The molecule has 0 spiro atoms. The zero-order valence-electron chi connectivity index (χ0n) is 14.6. The van der Waals surface area contributed by atoms with Crippen LogP contribution in [0.15, 0.2) is 35.8 Å². The van der Waals surface area contributed by atoms with Gasteiger partial charge in [-0.1, -0.05) is 44.7 Å². The summed E-state index contributed by atoms with van der Waals surface area (Å²) >= 11 is 1.52. The SMILES string of the molecule is CCCCCCOc1ccc(CCCCC(O)c2nccs2)cc1. The van der Waals surface area contributed by atoms with Gasteiger partial charge in [0.2, 0.25) is 0 Å². The number of unbranched alkanes of at least 4 members (excludes halogenated alkanes) is 4. The van der Waals surface area contributed by atoms with Crippen LogP contribution in [0.4, 0.5) is 0 Å². The number of rotatable bonds is 12. The molecule has 0 aliphatic heterocycles. The Balaban J connectivity index is 1.59. The van der Waals surface area contributed by atoms with Gasteiger partial charge in [0.05, 0.1) is 6.61 Å². The predicted octanol–water partition coefficient (Wildman–Crippen LogP) is 5.55. The second-order valence-corrected chi connectivity index (χ2v) is 7.11. The van der Waals surface area contributed by atoms with Gasteiger partial charge in [-0.3, -0.25) is 0 Å². The average Bonchev–Trinajstić information content (AvgIpc) is 3.14. The number of aryl methyl sites for hydroxylation is 1. The Morgan fingerprint density at radius 2 is 1.92 bits per heavy atom. The molecule has 0 aliphatic rings. The summed E-state index contributed by atoms with van der Waals surface area (Å²) in [7, 11) is 0. The molecule has 1 atom stereocenters. The summed E-state index contributed by atoms with van der Waals surface area (Å²) in [4.78, 5) is 4.16. The van der Waals surface area contributed by atoms with Crippen LogP contribution in [0.3, 0.4) is 0 Å². The number of ether oxygens (including phenoxy) is 1. The quantitative estimate of drug-likeness (QED) is 0.512. The first-order valence-electron chi connectivity index (χ1n) is 9.08. The number of aliphatic hydroxyl groups is 1. The van der Waals surface area contributed by atoms with Crippen molar-refractivity contribution in [3.05, 3.63) is 46.4 Å². The van der Waals surface area contributed by atoms with Crippen molar-refractivity contribution in [3.63, 3.8) is 0 Å². The van der Waals surface area contributed by atoms with Crippen LogP contribution in [-0.4, -0.2) is 16.7 Å². The summed E-state index contributed by atoms with van der Waals surface area (Å²) in [5.41, 5.74) is 1.33. The largest absolute Gasteiger partial charge is 0.494 e. The Kier molecular flexibility index (Phi) is 8.85. The molecule has 1 unspecified atom stereocenters. The van der Waals surface area contributed by atoms with Crippen molar-refractivity contribution in [1.82, 2.24) is 4.98 Å². The smallest absolute Gasteiger partial charge is 0.121 e. The van der Waals surface area contributed by atoms with Gasteiger partial charge < -0.3 is 9.84 Å². The molecule has 0 radical (unpaired) electrons. The molecule has 0 saturated carbocycles. The Morgan fingerprint density at radius 3 is 2.62 bits per heavy atom. The highest BCUT2D eigenvalue weighted by molar-refractivity contribution is 7.09. The Bertz CT molecular complexity index is 539. The molecule has 132 valence electrons. The van der Waals surface area contributed by atoms with Crippen LogP contribution < -0.4 is 4.74 Å². The van der Waals surface area contributed by atoms with Crippen LogP contribution in [0.1, 0.15) is 68.5 Å². The highest BCUT2D eigenvalue weighted by Crippen LogP contribution is 2.22. The predicted molar refractivity (Wildman–Crippen MR) is 101 cm³/mol. The fourth-order valence-electron chi connectivity index (χ4n) is 2.66. The summed E-state index contributed by atoms with van der Waals surface area (Å²) < 4.78 is 5.77. The first kappa shape index (κ1) is 18.9. The molecule has 2 rings (SSSR count). The maximum absolute atomic E-state index is 10.0. The van der Waals surface area contributed by atoms with Crippen molar-refractivity contribution >= 4 is 11.3 Å². The van der Waals surface area contributed by atoms with E-state index in [9.17, 15) is 5.11 Å². The van der Waals surface area contributed by atoms with E-state index in [2.05, 4.69) is 36.2 Å². The maximum Gasteiger partial charge on any atom is 0.121 e. The first-order valence-corrected chi connectivity index (χ1v) is 9.96. The van der Waals surface area contributed by atoms with Crippen LogP contribution in [0, 0.1) is 0 Å². The van der Waals surface area contributed by atoms with E-state index in [4.69, 9.17) is 4.74 Å². The van der Waals surface area contributed by atoms with E-state index in [0.29, 0.717) is 0 Å². The lowest BCUT2D eigenvalue weighted by atomic mass is 10.1. The topological polar surface area (TPSA) is 42.4 Å². The van der Waals surface area contributed by atoms with Gasteiger partial charge in [0.1, 0.15) is 16.9 Å². The second-order valence-electron chi connectivity index (χ2n) is 6.18. The van der Waals surface area contributed by atoms with Crippen LogP contribution in [-0.2, 0) is 6.42 Å². The molecule has 3 nitrogen and oxygen atoms in total. The summed E-state index contributed by atoms with van der Waals surface area (Å²) in [6.07, 6.45) is 10.2. The highest BCUT2D eigenvalue weighted by atomic mass is 32.1. The van der Waals surface area contributed by atoms with Crippen LogP contribution >= 0.6 is 11.3 Å². The van der Waals surface area contributed by atoms with Crippen LogP contribution in [0.2, 0.25) is 0 Å². The number of hydrogen-bond acceptors (Lipinski definition) is 4. The van der Waals surface area contributed by atoms with Gasteiger partial charge in [-0.05, 0) is 43.4 Å². The van der Waals surface area contributed by atoms with Crippen molar-refractivity contribution < 1.29 is 9.84 Å². The van der Waals surface area contributed by atoms with Gasteiger partial charge in [-0.25, -0.2) is 4.98 Å². The summed E-state index contributed by atoms with van der Waals surface area (Å²) in [6.45, 7) is 3.04. The molecule has 4 heteroatoms. The van der Waals surface area contributed by atoms with E-state index < -0.39 is 6.10 Å². The van der Waals surface area contributed by atoms with E-state index in [-0.39, 0.29) is 0 Å². The number of hydrogen-bond donors (Lipinski definition) is 1. The molecular weight excluding hydrogens is 318 g/mol. The molecule has 1 heterocycles. The van der Waals surface area contributed by atoms with Crippen molar-refractivity contribution in [1.29, 1.82) is 0 Å². The molecule has 0 aliphatic carbocycles. The van der Waals surface area contributed by atoms with Gasteiger partial charge in [-0.15, -0.1) is 11.3 Å². The van der Waals surface area contributed by atoms with Gasteiger partial charge in [0.25, 0.3) is 0 Å². The third kappa shape index (κ3) is 7.02. The number of thiazole rings is 1. The lowest BCUT2D eigenvalue weighted by Crippen LogP contribution is -1.98. The lowest BCUT2D eigenvalue weighted by molar-refractivity contribution is 0.163. The molecular formula is C20H29NO2S. The fraction of sp³-hybridized carbons (Fsp3) is 0.550. The first-order chi connectivity index (χ1) is 11.8. The van der Waals surface area contributed by atoms with E-state index in [1.54, 1.807) is 6.20 Å². The zero-order chi connectivity index (χ0) is 17.0. The Hall–Kier alpha value is -1.39. The minimum Gasteiger partial charge on any atom is -0.494 e. The molecule has 0 fully saturated rings. The lowest BCUT2D eigenvalue weighted by Gasteiger charge is -2.08. The Labute approximate surface area is 149 Å². The van der Waals surface area contributed by atoms with E-state index in [0.717, 1.165) is 49.5 Å². The second kappa shape index (κ2) is 11.2. The van der Waals surface area contributed by atoms with Gasteiger partial charge in [0.15, 0.2) is 0 Å². The highest BCUT2D eigenvalue weighted by Gasteiger charge is 2.09. The molecule has 2 aromatic rings. The number of aromatic nitrogens is 1. The van der Waals surface area contributed by atoms with Crippen molar-refractivity contribution in [2.75, 3.05) is 6.61 Å². The van der Waals surface area contributed by atoms with E-state index >= 15 is 0 Å². The van der Waals surface area contributed by atoms with Crippen molar-refractivity contribution in [2.45, 2.75) is 64.4 Å². The molecule has 0 saturated heterocycles. The third-order valence-corrected chi connectivity index (χ3v) is 5.00. The van der Waals surface area contributed by atoms with Crippen molar-refractivity contribution in [2.24, 2.45) is 0 Å². The van der Waals surface area contributed by atoms with Gasteiger partial charge in [0, 0.05) is 11.6 Å². The summed E-state index contributed by atoms with van der Waals surface area (Å²) in [5.74, 6) is 0.967. The normalized spacial score (nSPS) is 12.2. The van der Waals surface area contributed by atoms with Crippen LogP contribution in [0.5, 0.6) is 5.75 Å². The molecule has 1 N–H and O–H groups in total. The Morgan fingerprint density at radius 1 is 1.08 bits per heavy atom. The fourth-order valence-corrected chi connectivity index (χ4v) is 3.32. The average molecular weight is 348 g/mol. The molecule has 1 aromatic carbocycles. The van der Waals surface area contributed by atoms with Crippen LogP contribution in [0.25, 0.3) is 0 Å². The van der Waals surface area contributed by atoms with Crippen molar-refractivity contribution in [3.8, 4) is 5.75 Å². The summed E-state index contributed by atoms with van der Waals surface area (Å²) in [6, 6.07) is 8.44. The van der Waals surface area contributed by atoms with E-state index in [1.807, 2.05) is 5.38 Å². The summed E-state index contributed by atoms with van der Waals surface area (Å²) in [5, 5.41) is 12.7. The molecule has 0 amide bonds. The number of aliphatic hydroxyl groups excluding tert-OH is 1. The number of benzene rings is 1. The molecule has 1 aromatic heterocycles. The van der Waals surface area contributed by atoms with Gasteiger partial charge in [-0.2, -0.15) is 0 Å². The standard InChI is InChI=1S/C20H29NO2S/c1-2-3-4-7-15-23-18-12-10-17(11-13-18)8-5-6-9-19(22)20-21-14-16-24-20/h10-14,16,19,22H,2-9,15H2,1H3. The number of nitrogens with zero attached hydrogens (tertiary/aromatic N) is 1. The minimum absolute atomic E-state index is 0.409.